The molecule has 0 spiro atoms. The molecule has 1 amide bonds. The van der Waals surface area contributed by atoms with Crippen LogP contribution in [0.1, 0.15) is 31.9 Å². The minimum absolute atomic E-state index is 0.285. The summed E-state index contributed by atoms with van der Waals surface area (Å²) in [7, 11) is 0. The molecule has 2 aromatic carbocycles. The third kappa shape index (κ3) is 4.90. The summed E-state index contributed by atoms with van der Waals surface area (Å²) in [5, 5.41) is 7.33. The Morgan fingerprint density at radius 1 is 1.03 bits per heavy atom. The molecule has 0 radical (unpaired) electrons. The van der Waals surface area contributed by atoms with Crippen molar-refractivity contribution in [3.05, 3.63) is 76.6 Å². The van der Waals surface area contributed by atoms with Gasteiger partial charge in [-0.3, -0.25) is 9.59 Å². The summed E-state index contributed by atoms with van der Waals surface area (Å²) in [5.41, 5.74) is 3.01. The van der Waals surface area contributed by atoms with Crippen LogP contribution >= 0.6 is 0 Å². The maximum Gasteiger partial charge on any atom is 0.267 e. The van der Waals surface area contributed by atoms with Crippen LogP contribution in [0.3, 0.4) is 0 Å². The van der Waals surface area contributed by atoms with Gasteiger partial charge in [-0.05, 0) is 50.6 Å². The average Bonchev–Trinajstić information content (AvgIpc) is 2.72. The molecular formula is C23H25N3O3. The predicted octanol–water partition coefficient (Wildman–Crippen LogP) is 4.21. The molecule has 3 rings (SSSR count). The van der Waals surface area contributed by atoms with Crippen molar-refractivity contribution in [2.45, 2.75) is 33.2 Å². The van der Waals surface area contributed by atoms with Gasteiger partial charge in [0.2, 0.25) is 5.91 Å². The number of aromatic nitrogens is 2. The Morgan fingerprint density at radius 2 is 1.72 bits per heavy atom. The molecule has 0 bridgehead atoms. The fourth-order valence-electron chi connectivity index (χ4n) is 3.02. The van der Waals surface area contributed by atoms with Gasteiger partial charge < -0.3 is 10.1 Å². The Bertz CT molecular complexity index is 1020. The second kappa shape index (κ2) is 9.19. The molecule has 0 saturated heterocycles. The number of ether oxygens (including phenoxy) is 1. The normalized spacial score (nSPS) is 11.7. The lowest BCUT2D eigenvalue weighted by atomic mass is 10.1. The van der Waals surface area contributed by atoms with Crippen LogP contribution in [-0.4, -0.2) is 22.3 Å². The Labute approximate surface area is 170 Å². The fourth-order valence-corrected chi connectivity index (χ4v) is 3.02. The van der Waals surface area contributed by atoms with E-state index in [1.807, 2.05) is 45.0 Å². The number of carbonyl (C=O) groups excluding carboxylic acids is 1. The largest absolute Gasteiger partial charge is 0.494 e. The Balaban J connectivity index is 1.84. The van der Waals surface area contributed by atoms with Crippen molar-refractivity contribution in [1.29, 1.82) is 0 Å². The fraction of sp³-hybridized carbons (Fsp3) is 0.261. The molecule has 1 aromatic heterocycles. The van der Waals surface area contributed by atoms with Gasteiger partial charge >= 0.3 is 0 Å². The first kappa shape index (κ1) is 20.3. The number of benzene rings is 2. The lowest BCUT2D eigenvalue weighted by Crippen LogP contribution is -2.34. The second-order valence-electron chi connectivity index (χ2n) is 6.74. The highest BCUT2D eigenvalue weighted by molar-refractivity contribution is 5.93. The van der Waals surface area contributed by atoms with Gasteiger partial charge in [0.15, 0.2) is 0 Å². The molecule has 150 valence electrons. The summed E-state index contributed by atoms with van der Waals surface area (Å²) in [5.74, 6) is 0.452. The number of anilines is 1. The minimum atomic E-state index is -0.709. The lowest BCUT2D eigenvalue weighted by molar-refractivity contribution is -0.119. The van der Waals surface area contributed by atoms with Gasteiger partial charge in [-0.2, -0.15) is 5.10 Å². The van der Waals surface area contributed by atoms with E-state index in [2.05, 4.69) is 10.4 Å². The van der Waals surface area contributed by atoms with Crippen LogP contribution in [0.4, 0.5) is 5.69 Å². The quantitative estimate of drug-likeness (QED) is 0.655. The van der Waals surface area contributed by atoms with Crippen molar-refractivity contribution in [2.24, 2.45) is 0 Å². The molecule has 6 heteroatoms. The zero-order valence-corrected chi connectivity index (χ0v) is 16.9. The Hall–Kier alpha value is -3.41. The first-order chi connectivity index (χ1) is 14.0. The third-order valence-corrected chi connectivity index (χ3v) is 4.59. The van der Waals surface area contributed by atoms with E-state index < -0.39 is 6.04 Å². The maximum atomic E-state index is 12.9. The summed E-state index contributed by atoms with van der Waals surface area (Å²) in [6, 6.07) is 17.4. The molecular weight excluding hydrogens is 366 g/mol. The Kier molecular flexibility index (Phi) is 6.44. The number of aryl methyl sites for hydroxylation is 1. The van der Waals surface area contributed by atoms with Gasteiger partial charge in [0.1, 0.15) is 11.8 Å². The van der Waals surface area contributed by atoms with Crippen molar-refractivity contribution in [3.8, 4) is 17.0 Å². The van der Waals surface area contributed by atoms with Gasteiger partial charge in [0, 0.05) is 17.3 Å². The monoisotopic (exact) mass is 391 g/mol. The summed E-state index contributed by atoms with van der Waals surface area (Å²) in [4.78, 5) is 25.3. The second-order valence-corrected chi connectivity index (χ2v) is 6.74. The first-order valence-corrected chi connectivity index (χ1v) is 9.72. The minimum Gasteiger partial charge on any atom is -0.494 e. The summed E-state index contributed by atoms with van der Waals surface area (Å²) < 4.78 is 6.68. The van der Waals surface area contributed by atoms with E-state index in [0.29, 0.717) is 24.4 Å². The molecule has 0 aliphatic carbocycles. The van der Waals surface area contributed by atoms with Crippen LogP contribution in [0.5, 0.6) is 5.75 Å². The van der Waals surface area contributed by atoms with Crippen molar-refractivity contribution in [3.63, 3.8) is 0 Å². The van der Waals surface area contributed by atoms with Crippen LogP contribution in [-0.2, 0) is 4.79 Å². The summed E-state index contributed by atoms with van der Waals surface area (Å²) >= 11 is 0. The highest BCUT2D eigenvalue weighted by atomic mass is 16.5. The molecule has 1 heterocycles. The van der Waals surface area contributed by atoms with E-state index in [-0.39, 0.29) is 11.5 Å². The van der Waals surface area contributed by atoms with E-state index >= 15 is 0 Å². The highest BCUT2D eigenvalue weighted by Crippen LogP contribution is 2.20. The highest BCUT2D eigenvalue weighted by Gasteiger charge is 2.21. The van der Waals surface area contributed by atoms with Crippen molar-refractivity contribution in [1.82, 2.24) is 9.78 Å². The van der Waals surface area contributed by atoms with Crippen molar-refractivity contribution in [2.75, 3.05) is 11.9 Å². The molecule has 0 fully saturated rings. The molecule has 1 atom stereocenters. The molecule has 3 aromatic rings. The molecule has 6 nitrogen and oxygen atoms in total. The van der Waals surface area contributed by atoms with Crippen LogP contribution in [0.2, 0.25) is 0 Å². The van der Waals surface area contributed by atoms with Crippen LogP contribution < -0.4 is 15.6 Å². The number of nitrogens with one attached hydrogen (secondary N) is 1. The van der Waals surface area contributed by atoms with Gasteiger partial charge in [-0.1, -0.05) is 36.8 Å². The van der Waals surface area contributed by atoms with Gasteiger partial charge in [-0.25, -0.2) is 4.68 Å². The number of hydrogen-bond acceptors (Lipinski definition) is 4. The van der Waals surface area contributed by atoms with E-state index in [9.17, 15) is 9.59 Å². The number of hydrogen-bond donors (Lipinski definition) is 1. The van der Waals surface area contributed by atoms with Crippen molar-refractivity contribution < 1.29 is 9.53 Å². The van der Waals surface area contributed by atoms with E-state index in [1.54, 1.807) is 30.3 Å². The average molecular weight is 391 g/mol. The molecule has 0 saturated carbocycles. The first-order valence-electron chi connectivity index (χ1n) is 9.72. The lowest BCUT2D eigenvalue weighted by Gasteiger charge is -2.17. The number of amides is 1. The third-order valence-electron chi connectivity index (χ3n) is 4.59. The van der Waals surface area contributed by atoms with E-state index in [0.717, 1.165) is 16.9 Å². The topological polar surface area (TPSA) is 73.2 Å². The standard InChI is InChI=1S/C23H25N3O3/c1-4-21(23(28)24-18-10-12-19(13-11-18)29-5-2)26-22(27)15-14-20(25-26)17-8-6-16(3)7-9-17/h6-15,21H,4-5H2,1-3H3,(H,24,28). The van der Waals surface area contributed by atoms with Gasteiger partial charge in [-0.15, -0.1) is 0 Å². The van der Waals surface area contributed by atoms with Crippen LogP contribution in [0.25, 0.3) is 11.3 Å². The molecule has 0 aliphatic rings. The molecule has 1 unspecified atom stereocenters. The Morgan fingerprint density at radius 3 is 2.34 bits per heavy atom. The number of rotatable bonds is 7. The molecule has 0 aliphatic heterocycles. The van der Waals surface area contributed by atoms with Gasteiger partial charge in [0.25, 0.3) is 5.56 Å². The smallest absolute Gasteiger partial charge is 0.267 e. The maximum absolute atomic E-state index is 12.9. The van der Waals surface area contributed by atoms with E-state index in [4.69, 9.17) is 4.74 Å². The van der Waals surface area contributed by atoms with Crippen molar-refractivity contribution >= 4 is 11.6 Å². The van der Waals surface area contributed by atoms with Crippen LogP contribution in [0, 0.1) is 6.92 Å². The number of nitrogens with zero attached hydrogens (tertiary/aromatic N) is 2. The van der Waals surface area contributed by atoms with Gasteiger partial charge in [0.05, 0.1) is 12.3 Å². The summed E-state index contributed by atoms with van der Waals surface area (Å²) in [6.45, 7) is 6.36. The zero-order chi connectivity index (χ0) is 20.8. The molecule has 29 heavy (non-hydrogen) atoms. The SMILES string of the molecule is CCOc1ccc(NC(=O)C(CC)n2nc(-c3ccc(C)cc3)ccc2=O)cc1. The van der Waals surface area contributed by atoms with E-state index in [1.165, 1.54) is 10.7 Å². The van der Waals surface area contributed by atoms with Crippen LogP contribution in [0.15, 0.2) is 65.5 Å². The number of carbonyl (C=O) groups is 1. The zero-order valence-electron chi connectivity index (χ0n) is 16.9. The molecule has 1 N–H and O–H groups in total. The predicted molar refractivity (Wildman–Crippen MR) is 114 cm³/mol. The summed E-state index contributed by atoms with van der Waals surface area (Å²) in [6.07, 6.45) is 0.438.